The molecule has 2 aromatic carbocycles. The smallest absolute Gasteiger partial charge is 0.318 e. The fraction of sp³-hybridized carbons (Fsp3) is 0.471. The van der Waals surface area contributed by atoms with E-state index in [-0.39, 0.29) is 18.5 Å². The molecule has 0 radical (unpaired) electrons. The number of anilines is 2. The van der Waals surface area contributed by atoms with Crippen molar-refractivity contribution in [2.75, 3.05) is 69.9 Å². The Morgan fingerprint density at radius 1 is 1.16 bits per heavy atom. The maximum atomic E-state index is 12.8. The van der Waals surface area contributed by atoms with Gasteiger partial charge in [0.25, 0.3) is 0 Å². The summed E-state index contributed by atoms with van der Waals surface area (Å²) in [4.78, 5) is 34.8. The van der Waals surface area contributed by atoms with E-state index in [1.165, 1.54) is 12.2 Å². The summed E-state index contributed by atoms with van der Waals surface area (Å²) in [6.45, 7) is 10.3. The standard InChI is InChI=1S/C34H39ClFN7O2/c1-37-19-25-20-42(17-18-43(25)31(44)11-6-15-36)33-26-14-16-41(30-10-5-8-23-7-4-9-27(35)32(23)30)21-28(26)38-34(39-33)45-22-24-12-13-29(24)40(2)3/h4-11,24-25,29H,12-22H2,2-3H3/b11-6+/t24-,25-,29+/m0/s1. The van der Waals surface area contributed by atoms with Crippen LogP contribution in [0.3, 0.4) is 0 Å². The molecule has 11 heteroatoms. The average molecular weight is 632 g/mol. The van der Waals surface area contributed by atoms with Crippen LogP contribution < -0.4 is 14.5 Å². The van der Waals surface area contributed by atoms with Gasteiger partial charge in [0, 0.05) is 60.9 Å². The molecule has 3 atom stereocenters. The summed E-state index contributed by atoms with van der Waals surface area (Å²) in [5.41, 5.74) is 3.05. The fourth-order valence-corrected chi connectivity index (χ4v) is 7.19. The molecule has 9 nitrogen and oxygen atoms in total. The Kier molecular flexibility index (Phi) is 9.38. The van der Waals surface area contributed by atoms with Gasteiger partial charge in [0.15, 0.2) is 0 Å². The third-order valence-electron chi connectivity index (χ3n) is 9.38. The van der Waals surface area contributed by atoms with Crippen molar-refractivity contribution in [2.45, 2.75) is 37.9 Å². The third kappa shape index (κ3) is 6.42. The largest absolute Gasteiger partial charge is 0.463 e. The number of alkyl halides is 1. The highest BCUT2D eigenvalue weighted by molar-refractivity contribution is 6.36. The zero-order valence-corrected chi connectivity index (χ0v) is 26.6. The first-order valence-electron chi connectivity index (χ1n) is 15.6. The van der Waals surface area contributed by atoms with Gasteiger partial charge in [-0.25, -0.2) is 11.0 Å². The lowest BCUT2D eigenvalue weighted by Crippen LogP contribution is -2.56. The van der Waals surface area contributed by atoms with E-state index in [4.69, 9.17) is 32.9 Å². The highest BCUT2D eigenvalue weighted by Crippen LogP contribution is 2.38. The second-order valence-electron chi connectivity index (χ2n) is 12.2. The fourth-order valence-electron chi connectivity index (χ4n) is 6.91. The van der Waals surface area contributed by atoms with Crippen LogP contribution in [0, 0.1) is 12.5 Å². The van der Waals surface area contributed by atoms with Crippen molar-refractivity contribution in [3.8, 4) is 6.01 Å². The summed E-state index contributed by atoms with van der Waals surface area (Å²) in [6, 6.07) is 12.7. The van der Waals surface area contributed by atoms with Crippen LogP contribution in [0.4, 0.5) is 15.9 Å². The molecular weight excluding hydrogens is 593 g/mol. The Balaban J connectivity index is 1.32. The number of fused-ring (bicyclic) bond motifs is 2. The van der Waals surface area contributed by atoms with Crippen LogP contribution in [0.15, 0.2) is 48.6 Å². The molecule has 2 aliphatic heterocycles. The molecule has 6 rings (SSSR count). The molecule has 0 bridgehead atoms. The molecule has 2 fully saturated rings. The molecule has 0 spiro atoms. The zero-order chi connectivity index (χ0) is 31.5. The number of nitrogens with zero attached hydrogens (tertiary/aromatic N) is 7. The Bertz CT molecular complexity index is 1620. The quantitative estimate of drug-likeness (QED) is 0.243. The lowest BCUT2D eigenvalue weighted by molar-refractivity contribution is -0.128. The van der Waals surface area contributed by atoms with Crippen LogP contribution in [-0.4, -0.2) is 97.9 Å². The first kappa shape index (κ1) is 31.1. The SMILES string of the molecule is [C-]#[N+]C[C@H]1CN(c2nc(OC[C@@H]3CC[C@H]3N(C)C)nc3c2CCN(c2cccc4cccc(Cl)c24)C3)CCN1C(=O)/C=C/CF. The van der Waals surface area contributed by atoms with Crippen LogP contribution in [0.25, 0.3) is 15.6 Å². The van der Waals surface area contributed by atoms with Crippen molar-refractivity contribution in [2.24, 2.45) is 5.92 Å². The van der Waals surface area contributed by atoms with Crippen LogP contribution in [0.1, 0.15) is 24.1 Å². The van der Waals surface area contributed by atoms with E-state index in [9.17, 15) is 9.18 Å². The second-order valence-corrected chi connectivity index (χ2v) is 12.7. The van der Waals surface area contributed by atoms with Gasteiger partial charge in [-0.05, 0) is 57.0 Å². The number of hydrogen-bond donors (Lipinski definition) is 0. The third-order valence-corrected chi connectivity index (χ3v) is 9.69. The Morgan fingerprint density at radius 3 is 2.71 bits per heavy atom. The molecule has 3 heterocycles. The molecule has 1 amide bonds. The maximum Gasteiger partial charge on any atom is 0.318 e. The molecule has 3 aromatic rings. The van der Waals surface area contributed by atoms with Gasteiger partial charge in [0.1, 0.15) is 18.5 Å². The Morgan fingerprint density at radius 2 is 1.98 bits per heavy atom. The number of amides is 1. The number of allylic oxidation sites excluding steroid dienone is 1. The molecule has 3 aliphatic rings. The number of piperazine rings is 1. The monoisotopic (exact) mass is 631 g/mol. The number of halogens is 2. The van der Waals surface area contributed by atoms with Gasteiger partial charge in [-0.15, -0.1) is 0 Å². The van der Waals surface area contributed by atoms with Crippen LogP contribution >= 0.6 is 11.6 Å². The zero-order valence-electron chi connectivity index (χ0n) is 25.8. The molecule has 1 saturated heterocycles. The van der Waals surface area contributed by atoms with Gasteiger partial charge in [0.05, 0.1) is 23.9 Å². The predicted molar refractivity (Wildman–Crippen MR) is 176 cm³/mol. The van der Waals surface area contributed by atoms with Crippen molar-refractivity contribution in [3.63, 3.8) is 0 Å². The minimum atomic E-state index is -0.701. The Hall–Kier alpha value is -3.94. The summed E-state index contributed by atoms with van der Waals surface area (Å²) < 4.78 is 19.1. The number of carbonyl (C=O) groups excluding carboxylic acids is 1. The summed E-state index contributed by atoms with van der Waals surface area (Å²) in [6.07, 6.45) is 5.47. The molecule has 0 unspecified atom stereocenters. The molecular formula is C34H39ClFN7O2. The predicted octanol–water partition coefficient (Wildman–Crippen LogP) is 5.03. The van der Waals surface area contributed by atoms with E-state index in [1.807, 2.05) is 12.1 Å². The second kappa shape index (κ2) is 13.6. The number of ether oxygens (including phenoxy) is 1. The normalized spacial score (nSPS) is 21.6. The summed E-state index contributed by atoms with van der Waals surface area (Å²) >= 11 is 6.70. The molecule has 236 valence electrons. The number of hydrogen-bond acceptors (Lipinski definition) is 7. The van der Waals surface area contributed by atoms with Crippen molar-refractivity contribution in [3.05, 3.63) is 76.2 Å². The van der Waals surface area contributed by atoms with E-state index >= 15 is 0 Å². The number of rotatable bonds is 9. The van der Waals surface area contributed by atoms with E-state index < -0.39 is 6.67 Å². The molecule has 1 aromatic heterocycles. The van der Waals surface area contributed by atoms with Gasteiger partial charge in [-0.3, -0.25) is 4.79 Å². The van der Waals surface area contributed by atoms with Gasteiger partial charge in [-0.2, -0.15) is 9.97 Å². The van der Waals surface area contributed by atoms with Gasteiger partial charge in [0.2, 0.25) is 12.5 Å². The molecule has 45 heavy (non-hydrogen) atoms. The first-order chi connectivity index (χ1) is 21.9. The van der Waals surface area contributed by atoms with E-state index in [1.54, 1.807) is 4.90 Å². The van der Waals surface area contributed by atoms with Gasteiger partial charge in [-0.1, -0.05) is 35.9 Å². The Labute approximate surface area is 269 Å². The van der Waals surface area contributed by atoms with E-state index in [0.717, 1.165) is 64.4 Å². The lowest BCUT2D eigenvalue weighted by atomic mass is 9.79. The number of carbonyl (C=O) groups is 1. The minimum Gasteiger partial charge on any atom is -0.463 e. The van der Waals surface area contributed by atoms with Crippen molar-refractivity contribution >= 4 is 39.8 Å². The van der Waals surface area contributed by atoms with Crippen LogP contribution in [0.2, 0.25) is 5.02 Å². The summed E-state index contributed by atoms with van der Waals surface area (Å²) in [5, 5.41) is 2.84. The average Bonchev–Trinajstić information content (AvgIpc) is 3.02. The highest BCUT2D eigenvalue weighted by atomic mass is 35.5. The first-order valence-corrected chi connectivity index (χ1v) is 16.0. The molecule has 0 N–H and O–H groups in total. The van der Waals surface area contributed by atoms with E-state index in [2.05, 4.69) is 57.9 Å². The lowest BCUT2D eigenvalue weighted by Gasteiger charge is -2.41. The number of aromatic nitrogens is 2. The van der Waals surface area contributed by atoms with Gasteiger partial charge < -0.3 is 29.2 Å². The van der Waals surface area contributed by atoms with Crippen molar-refractivity contribution < 1.29 is 13.9 Å². The number of benzene rings is 2. The minimum absolute atomic E-state index is 0.158. The van der Waals surface area contributed by atoms with E-state index in [0.29, 0.717) is 50.8 Å². The topological polar surface area (TPSA) is 69.4 Å². The van der Waals surface area contributed by atoms with Crippen molar-refractivity contribution in [1.82, 2.24) is 19.8 Å². The molecule has 1 saturated carbocycles. The van der Waals surface area contributed by atoms with Gasteiger partial charge >= 0.3 is 6.01 Å². The highest BCUT2D eigenvalue weighted by Gasteiger charge is 2.36. The molecule has 1 aliphatic carbocycles. The van der Waals surface area contributed by atoms with Crippen LogP contribution in [0.5, 0.6) is 6.01 Å². The van der Waals surface area contributed by atoms with Crippen molar-refractivity contribution in [1.29, 1.82) is 0 Å². The maximum absolute atomic E-state index is 12.8. The summed E-state index contributed by atoms with van der Waals surface area (Å²) in [7, 11) is 4.21. The van der Waals surface area contributed by atoms with Crippen LogP contribution in [-0.2, 0) is 17.8 Å². The summed E-state index contributed by atoms with van der Waals surface area (Å²) in [5.74, 6) is 0.965.